The maximum Gasteiger partial charge on any atom is 0.150 e. The van der Waals surface area contributed by atoms with E-state index in [2.05, 4.69) is 77.2 Å². The van der Waals surface area contributed by atoms with Crippen LogP contribution in [0.2, 0.25) is 0 Å². The lowest BCUT2D eigenvalue weighted by Gasteiger charge is -2.26. The summed E-state index contributed by atoms with van der Waals surface area (Å²) in [6.45, 7) is 9.56. The summed E-state index contributed by atoms with van der Waals surface area (Å²) in [7, 11) is 0. The van der Waals surface area contributed by atoms with Crippen molar-refractivity contribution in [3.05, 3.63) is 71.4 Å². The van der Waals surface area contributed by atoms with Crippen molar-refractivity contribution in [2.24, 2.45) is 0 Å². The van der Waals surface area contributed by atoms with Crippen molar-refractivity contribution < 1.29 is 9.47 Å². The average molecular weight is 457 g/mol. The van der Waals surface area contributed by atoms with E-state index in [-0.39, 0.29) is 0 Å². The Morgan fingerprint density at radius 2 is 1.85 bits per heavy atom. The Morgan fingerprint density at radius 1 is 1.06 bits per heavy atom. The van der Waals surface area contributed by atoms with Crippen molar-refractivity contribution in [2.75, 3.05) is 45.2 Å². The number of anilines is 1. The first-order valence-electron chi connectivity index (χ1n) is 12.0. The van der Waals surface area contributed by atoms with Gasteiger partial charge in [0.1, 0.15) is 17.9 Å². The number of pyridine rings is 2. The standard InChI is InChI=1S/C28H32N4O2/c1-19-3-8-24-25-17-22(18-30-27(25)28(29)31-26(24)15-19)20(2)16-21-4-6-23(7-5-21)34-14-11-32-9-12-33-13-10-32/h3-8,15,17-18,20H,9-14,16H2,1-2H3,(H2,29,31). The third-order valence-electron chi connectivity index (χ3n) is 6.65. The van der Waals surface area contributed by atoms with E-state index < -0.39 is 0 Å². The van der Waals surface area contributed by atoms with Gasteiger partial charge in [-0.15, -0.1) is 0 Å². The van der Waals surface area contributed by atoms with Crippen LogP contribution in [0.15, 0.2) is 54.7 Å². The predicted molar refractivity (Wildman–Crippen MR) is 138 cm³/mol. The fraction of sp³-hybridized carbons (Fsp3) is 0.357. The second kappa shape index (κ2) is 9.95. The third kappa shape index (κ3) is 4.98. The number of benzene rings is 2. The summed E-state index contributed by atoms with van der Waals surface area (Å²) >= 11 is 0. The van der Waals surface area contributed by atoms with Crippen molar-refractivity contribution >= 4 is 27.6 Å². The summed E-state index contributed by atoms with van der Waals surface area (Å²) < 4.78 is 11.3. The molecule has 0 spiro atoms. The fourth-order valence-electron chi connectivity index (χ4n) is 4.62. The van der Waals surface area contributed by atoms with Gasteiger partial charge in [0.25, 0.3) is 0 Å². The molecule has 0 aliphatic carbocycles. The SMILES string of the molecule is Cc1ccc2c(c1)nc(N)c1ncc(C(C)Cc3ccc(OCCN4CCOCC4)cc3)cc12. The first-order chi connectivity index (χ1) is 16.6. The molecule has 0 saturated carbocycles. The predicted octanol–water partition coefficient (Wildman–Crippen LogP) is 4.73. The molecular weight excluding hydrogens is 424 g/mol. The molecule has 0 bridgehead atoms. The Morgan fingerprint density at radius 3 is 2.65 bits per heavy atom. The van der Waals surface area contributed by atoms with E-state index in [1.807, 2.05) is 6.20 Å². The van der Waals surface area contributed by atoms with Gasteiger partial charge >= 0.3 is 0 Å². The number of nitrogen functional groups attached to an aromatic ring is 1. The number of hydrogen-bond acceptors (Lipinski definition) is 6. The van der Waals surface area contributed by atoms with Gasteiger partial charge in [-0.25, -0.2) is 4.98 Å². The van der Waals surface area contributed by atoms with E-state index in [1.54, 1.807) is 0 Å². The van der Waals surface area contributed by atoms with Crippen molar-refractivity contribution in [1.82, 2.24) is 14.9 Å². The van der Waals surface area contributed by atoms with E-state index in [9.17, 15) is 0 Å². The normalized spacial score (nSPS) is 15.6. The number of aromatic nitrogens is 2. The Bertz CT molecular complexity index is 1280. The van der Waals surface area contributed by atoms with Gasteiger partial charge in [0.15, 0.2) is 5.82 Å². The second-order valence-corrected chi connectivity index (χ2v) is 9.23. The molecule has 6 nitrogen and oxygen atoms in total. The monoisotopic (exact) mass is 456 g/mol. The highest BCUT2D eigenvalue weighted by atomic mass is 16.5. The second-order valence-electron chi connectivity index (χ2n) is 9.23. The zero-order valence-corrected chi connectivity index (χ0v) is 20.0. The first-order valence-corrected chi connectivity index (χ1v) is 12.0. The number of ether oxygens (including phenoxy) is 2. The quantitative estimate of drug-likeness (QED) is 0.405. The van der Waals surface area contributed by atoms with Crippen LogP contribution in [0.5, 0.6) is 5.75 Å². The summed E-state index contributed by atoms with van der Waals surface area (Å²) in [4.78, 5) is 11.6. The lowest BCUT2D eigenvalue weighted by atomic mass is 9.93. The summed E-state index contributed by atoms with van der Waals surface area (Å²) in [6.07, 6.45) is 2.87. The Labute approximate surface area is 200 Å². The molecule has 1 aliphatic rings. The molecule has 1 saturated heterocycles. The molecule has 1 aliphatic heterocycles. The number of nitrogens with zero attached hydrogens (tertiary/aromatic N) is 3. The van der Waals surface area contributed by atoms with Crippen molar-refractivity contribution in [3.63, 3.8) is 0 Å². The van der Waals surface area contributed by atoms with Crippen molar-refractivity contribution in [2.45, 2.75) is 26.2 Å². The molecule has 1 atom stereocenters. The molecule has 0 radical (unpaired) electrons. The van der Waals surface area contributed by atoms with Crippen LogP contribution < -0.4 is 10.5 Å². The number of nitrogens with two attached hydrogens (primary N) is 1. The molecule has 2 N–H and O–H groups in total. The topological polar surface area (TPSA) is 73.5 Å². The summed E-state index contributed by atoms with van der Waals surface area (Å²) in [5, 5.41) is 2.16. The number of morpholine rings is 1. The lowest BCUT2D eigenvalue weighted by Crippen LogP contribution is -2.38. The third-order valence-corrected chi connectivity index (χ3v) is 6.65. The van der Waals surface area contributed by atoms with Crippen LogP contribution in [0.4, 0.5) is 5.82 Å². The van der Waals surface area contributed by atoms with Crippen LogP contribution in [0.3, 0.4) is 0 Å². The van der Waals surface area contributed by atoms with Gasteiger partial charge in [0, 0.05) is 36.6 Å². The Kier molecular flexibility index (Phi) is 6.61. The highest BCUT2D eigenvalue weighted by molar-refractivity contribution is 6.08. The minimum atomic E-state index is 0.319. The molecule has 1 fully saturated rings. The molecule has 2 aromatic heterocycles. The van der Waals surface area contributed by atoms with Crippen LogP contribution >= 0.6 is 0 Å². The number of rotatable bonds is 7. The first kappa shape index (κ1) is 22.6. The van der Waals surface area contributed by atoms with Crippen LogP contribution in [0.1, 0.15) is 29.5 Å². The van der Waals surface area contributed by atoms with Crippen LogP contribution in [-0.2, 0) is 11.2 Å². The minimum absolute atomic E-state index is 0.319. The number of hydrogen-bond donors (Lipinski definition) is 1. The van der Waals surface area contributed by atoms with Crippen LogP contribution in [0.25, 0.3) is 21.8 Å². The summed E-state index contributed by atoms with van der Waals surface area (Å²) in [6, 6.07) is 17.0. The summed E-state index contributed by atoms with van der Waals surface area (Å²) in [5.74, 6) is 1.72. The highest BCUT2D eigenvalue weighted by Crippen LogP contribution is 2.30. The van der Waals surface area contributed by atoms with Crippen LogP contribution in [0, 0.1) is 6.92 Å². The number of aryl methyl sites for hydroxylation is 1. The van der Waals surface area contributed by atoms with Gasteiger partial charge in [0.2, 0.25) is 0 Å². The molecule has 34 heavy (non-hydrogen) atoms. The van der Waals surface area contributed by atoms with Crippen molar-refractivity contribution in [1.29, 1.82) is 0 Å². The zero-order chi connectivity index (χ0) is 23.5. The van der Waals surface area contributed by atoms with E-state index in [0.717, 1.165) is 66.8 Å². The molecule has 5 rings (SSSR count). The molecule has 6 heteroatoms. The van der Waals surface area contributed by atoms with Gasteiger partial charge in [-0.2, -0.15) is 0 Å². The smallest absolute Gasteiger partial charge is 0.150 e. The molecular formula is C28H32N4O2. The minimum Gasteiger partial charge on any atom is -0.492 e. The van der Waals surface area contributed by atoms with Gasteiger partial charge in [-0.05, 0) is 60.2 Å². The number of fused-ring (bicyclic) bond motifs is 3. The van der Waals surface area contributed by atoms with E-state index in [0.29, 0.717) is 18.3 Å². The van der Waals surface area contributed by atoms with Gasteiger partial charge in [-0.1, -0.05) is 31.2 Å². The summed E-state index contributed by atoms with van der Waals surface area (Å²) in [5.41, 5.74) is 11.6. The lowest BCUT2D eigenvalue weighted by molar-refractivity contribution is 0.0322. The van der Waals surface area contributed by atoms with E-state index in [4.69, 9.17) is 15.2 Å². The van der Waals surface area contributed by atoms with Gasteiger partial charge in [-0.3, -0.25) is 9.88 Å². The molecule has 176 valence electrons. The maximum absolute atomic E-state index is 6.22. The van der Waals surface area contributed by atoms with Gasteiger partial charge in [0.05, 0.1) is 18.7 Å². The Balaban J connectivity index is 1.26. The van der Waals surface area contributed by atoms with Crippen LogP contribution in [-0.4, -0.2) is 54.3 Å². The Hall–Kier alpha value is -3.22. The molecule has 4 aromatic rings. The molecule has 2 aromatic carbocycles. The zero-order valence-electron chi connectivity index (χ0n) is 20.0. The fourth-order valence-corrected chi connectivity index (χ4v) is 4.62. The van der Waals surface area contributed by atoms with Crippen molar-refractivity contribution in [3.8, 4) is 5.75 Å². The molecule has 1 unspecified atom stereocenters. The van der Waals surface area contributed by atoms with E-state index in [1.165, 1.54) is 16.7 Å². The maximum atomic E-state index is 6.22. The van der Waals surface area contributed by atoms with E-state index >= 15 is 0 Å². The average Bonchev–Trinajstić information content (AvgIpc) is 2.85. The van der Waals surface area contributed by atoms with Gasteiger partial charge < -0.3 is 15.2 Å². The highest BCUT2D eigenvalue weighted by Gasteiger charge is 2.13. The largest absolute Gasteiger partial charge is 0.492 e. The molecule has 3 heterocycles. The molecule has 0 amide bonds.